The van der Waals surface area contributed by atoms with Gasteiger partial charge in [0.15, 0.2) is 11.6 Å². The van der Waals surface area contributed by atoms with Gasteiger partial charge >= 0.3 is 0 Å². The molecule has 128 valence electrons. The summed E-state index contributed by atoms with van der Waals surface area (Å²) in [6.45, 7) is 2.66. The van der Waals surface area contributed by atoms with Gasteiger partial charge in [0.25, 0.3) is 0 Å². The van der Waals surface area contributed by atoms with Crippen LogP contribution in [-0.4, -0.2) is 17.3 Å². The lowest BCUT2D eigenvalue weighted by Crippen LogP contribution is -2.21. The molecule has 5 heteroatoms. The van der Waals surface area contributed by atoms with Crippen molar-refractivity contribution < 1.29 is 4.79 Å². The lowest BCUT2D eigenvalue weighted by molar-refractivity contribution is 0.103. The van der Waals surface area contributed by atoms with Crippen LogP contribution in [0.2, 0.25) is 0 Å². The molecule has 1 heterocycles. The maximum absolute atomic E-state index is 12.9. The van der Waals surface area contributed by atoms with Gasteiger partial charge in [0.05, 0.1) is 11.4 Å². The summed E-state index contributed by atoms with van der Waals surface area (Å²) in [6, 6.07) is 20.4. The van der Waals surface area contributed by atoms with E-state index in [2.05, 4.69) is 4.98 Å². The van der Waals surface area contributed by atoms with Gasteiger partial charge in [-0.15, -0.1) is 12.4 Å². The van der Waals surface area contributed by atoms with E-state index in [4.69, 9.17) is 5.73 Å². The number of nitrogens with zero attached hydrogens (tertiary/aromatic N) is 2. The van der Waals surface area contributed by atoms with Crippen molar-refractivity contribution in [1.82, 2.24) is 4.98 Å². The smallest absolute Gasteiger partial charge is 0.195 e. The summed E-state index contributed by atoms with van der Waals surface area (Å²) < 4.78 is 0. The molecule has 0 atom stereocenters. The molecule has 3 rings (SSSR count). The Morgan fingerprint density at radius 3 is 2.36 bits per heavy atom. The summed E-state index contributed by atoms with van der Waals surface area (Å²) in [5, 5.41) is 0. The highest BCUT2D eigenvalue weighted by atomic mass is 35.5. The third-order valence-electron chi connectivity index (χ3n) is 3.86. The number of nitrogens with two attached hydrogens (primary N) is 1. The summed E-state index contributed by atoms with van der Waals surface area (Å²) in [7, 11) is 0. The van der Waals surface area contributed by atoms with Crippen molar-refractivity contribution in [2.75, 3.05) is 17.2 Å². The van der Waals surface area contributed by atoms with Crippen molar-refractivity contribution in [3.05, 3.63) is 84.1 Å². The summed E-state index contributed by atoms with van der Waals surface area (Å²) in [6.07, 6.45) is 1.70. The Balaban J connectivity index is 0.00000225. The Bertz CT molecular complexity index is 852. The third kappa shape index (κ3) is 3.80. The molecule has 0 aliphatic rings. The van der Waals surface area contributed by atoms with Gasteiger partial charge in [0.1, 0.15) is 0 Å². The van der Waals surface area contributed by atoms with E-state index in [1.807, 2.05) is 72.5 Å². The first kappa shape index (κ1) is 18.5. The molecule has 0 unspecified atom stereocenters. The van der Waals surface area contributed by atoms with E-state index in [1.165, 1.54) is 0 Å². The van der Waals surface area contributed by atoms with Crippen LogP contribution in [0.25, 0.3) is 0 Å². The van der Waals surface area contributed by atoms with Gasteiger partial charge in [0, 0.05) is 23.9 Å². The van der Waals surface area contributed by atoms with Gasteiger partial charge < -0.3 is 10.6 Å². The van der Waals surface area contributed by atoms with Gasteiger partial charge in [-0.05, 0) is 31.2 Å². The highest BCUT2D eigenvalue weighted by molar-refractivity contribution is 6.12. The monoisotopic (exact) mass is 353 g/mol. The van der Waals surface area contributed by atoms with E-state index >= 15 is 0 Å². The van der Waals surface area contributed by atoms with Crippen molar-refractivity contribution in [3.63, 3.8) is 0 Å². The van der Waals surface area contributed by atoms with Crippen molar-refractivity contribution in [2.45, 2.75) is 6.92 Å². The summed E-state index contributed by atoms with van der Waals surface area (Å²) in [5.74, 6) is 0.646. The van der Waals surface area contributed by atoms with Gasteiger partial charge in [-0.2, -0.15) is 0 Å². The quantitative estimate of drug-likeness (QED) is 0.687. The van der Waals surface area contributed by atoms with Crippen molar-refractivity contribution in [2.24, 2.45) is 0 Å². The van der Waals surface area contributed by atoms with Crippen LogP contribution in [-0.2, 0) is 0 Å². The Hall–Kier alpha value is -2.85. The molecule has 0 fully saturated rings. The second-order valence-corrected chi connectivity index (χ2v) is 5.37. The fraction of sp³-hybridized carbons (Fsp3) is 0.100. The number of nitrogen functional groups attached to an aromatic ring is 1. The molecule has 0 amide bonds. The second-order valence-electron chi connectivity index (χ2n) is 5.37. The lowest BCUT2D eigenvalue weighted by Gasteiger charge is -2.25. The van der Waals surface area contributed by atoms with Crippen molar-refractivity contribution in [3.8, 4) is 0 Å². The number of benzene rings is 2. The summed E-state index contributed by atoms with van der Waals surface area (Å²) >= 11 is 0. The molecule has 2 aromatic carbocycles. The molecule has 0 aliphatic carbocycles. The third-order valence-corrected chi connectivity index (χ3v) is 3.86. The Labute approximate surface area is 153 Å². The molecule has 2 N–H and O–H groups in total. The Morgan fingerprint density at radius 2 is 1.68 bits per heavy atom. The summed E-state index contributed by atoms with van der Waals surface area (Å²) in [4.78, 5) is 19.3. The minimum Gasteiger partial charge on any atom is -0.396 e. The van der Waals surface area contributed by atoms with Crippen molar-refractivity contribution in [1.29, 1.82) is 0 Å². The molecule has 25 heavy (non-hydrogen) atoms. The molecule has 1 aromatic heterocycles. The van der Waals surface area contributed by atoms with Crippen LogP contribution in [0, 0.1) is 0 Å². The molecule has 3 aromatic rings. The maximum Gasteiger partial charge on any atom is 0.195 e. The molecule has 4 nitrogen and oxygen atoms in total. The number of carbonyl (C=O) groups is 1. The van der Waals surface area contributed by atoms with Crippen LogP contribution in [0.15, 0.2) is 72.9 Å². The predicted molar refractivity (Wildman–Crippen MR) is 105 cm³/mol. The number of hydrogen-bond acceptors (Lipinski definition) is 4. The number of aromatic nitrogens is 1. The Kier molecular flexibility index (Phi) is 6.14. The molecular weight excluding hydrogens is 334 g/mol. The average molecular weight is 354 g/mol. The Morgan fingerprint density at radius 1 is 1.00 bits per heavy atom. The summed E-state index contributed by atoms with van der Waals surface area (Å²) in [5.41, 5.74) is 8.77. The maximum atomic E-state index is 12.9. The van der Waals surface area contributed by atoms with E-state index in [1.54, 1.807) is 12.3 Å². The number of ketones is 1. The molecule has 0 radical (unpaired) electrons. The van der Waals surface area contributed by atoms with Gasteiger partial charge in [0.2, 0.25) is 0 Å². The fourth-order valence-corrected chi connectivity index (χ4v) is 2.72. The van der Waals surface area contributed by atoms with Crippen LogP contribution in [0.5, 0.6) is 0 Å². The highest BCUT2D eigenvalue weighted by Crippen LogP contribution is 2.31. The van der Waals surface area contributed by atoms with E-state index in [9.17, 15) is 4.79 Å². The van der Waals surface area contributed by atoms with Crippen molar-refractivity contribution >= 4 is 35.4 Å². The number of pyridine rings is 1. The number of anilines is 3. The van der Waals surface area contributed by atoms with Crippen LogP contribution in [0.3, 0.4) is 0 Å². The number of carbonyl (C=O) groups excluding carboxylic acids is 1. The van der Waals surface area contributed by atoms with Crippen LogP contribution >= 0.6 is 12.4 Å². The predicted octanol–water partition coefficient (Wildman–Crippen LogP) is 4.47. The van der Waals surface area contributed by atoms with Crippen LogP contribution in [0.1, 0.15) is 22.8 Å². The van der Waals surface area contributed by atoms with E-state index in [0.29, 0.717) is 29.2 Å². The minimum absolute atomic E-state index is 0. The second kappa shape index (κ2) is 8.31. The zero-order valence-electron chi connectivity index (χ0n) is 13.9. The molecule has 0 saturated carbocycles. The van der Waals surface area contributed by atoms with E-state index in [0.717, 1.165) is 5.69 Å². The lowest BCUT2D eigenvalue weighted by atomic mass is 10.0. The largest absolute Gasteiger partial charge is 0.396 e. The van der Waals surface area contributed by atoms with Gasteiger partial charge in [-0.25, -0.2) is 4.98 Å². The molecule has 0 spiro atoms. The normalized spacial score (nSPS) is 9.96. The number of para-hydroxylation sites is 1. The topological polar surface area (TPSA) is 59.2 Å². The standard InChI is InChI=1S/C20H19N3O.ClH/c1-2-23(20-17(21)12-8-14-22-20)18-13-7-6-11-16(18)19(24)15-9-4-3-5-10-15;/h3-14H,2,21H2,1H3;1H. The minimum atomic E-state index is -0.0147. The number of halogens is 1. The first-order valence-corrected chi connectivity index (χ1v) is 7.89. The average Bonchev–Trinajstić information content (AvgIpc) is 2.64. The van der Waals surface area contributed by atoms with Gasteiger partial charge in [-0.1, -0.05) is 42.5 Å². The van der Waals surface area contributed by atoms with E-state index < -0.39 is 0 Å². The zero-order chi connectivity index (χ0) is 16.9. The number of rotatable bonds is 5. The molecule has 0 bridgehead atoms. The first-order valence-electron chi connectivity index (χ1n) is 7.89. The van der Waals surface area contributed by atoms with Gasteiger partial charge in [-0.3, -0.25) is 4.79 Å². The highest BCUT2D eigenvalue weighted by Gasteiger charge is 2.19. The van der Waals surface area contributed by atoms with Crippen LogP contribution in [0.4, 0.5) is 17.2 Å². The first-order chi connectivity index (χ1) is 11.7. The van der Waals surface area contributed by atoms with Crippen LogP contribution < -0.4 is 10.6 Å². The fourth-order valence-electron chi connectivity index (χ4n) is 2.72. The molecule has 0 saturated heterocycles. The molecular formula is C20H20ClN3O. The zero-order valence-corrected chi connectivity index (χ0v) is 14.7. The SMILES string of the molecule is CCN(c1ccccc1C(=O)c1ccccc1)c1ncccc1N.Cl. The number of hydrogen-bond donors (Lipinski definition) is 1. The van der Waals surface area contributed by atoms with E-state index in [-0.39, 0.29) is 18.2 Å². The molecule has 0 aliphatic heterocycles.